The van der Waals surface area contributed by atoms with E-state index < -0.39 is 0 Å². The molecule has 0 aromatic heterocycles. The van der Waals surface area contributed by atoms with Gasteiger partial charge in [0, 0.05) is 12.8 Å². The molecular weight excluding hydrogens is 188 g/mol. The summed E-state index contributed by atoms with van der Waals surface area (Å²) in [4.78, 5) is 10.8. The van der Waals surface area contributed by atoms with Gasteiger partial charge in [-0.25, -0.2) is 0 Å². The van der Waals surface area contributed by atoms with Crippen molar-refractivity contribution in [2.24, 2.45) is 17.3 Å². The third-order valence-electron chi connectivity index (χ3n) is 4.01. The average Bonchev–Trinajstić information content (AvgIpc) is 2.11. The Morgan fingerprint density at radius 2 is 2.20 bits per heavy atom. The van der Waals surface area contributed by atoms with Gasteiger partial charge in [-0.05, 0) is 24.2 Å². The van der Waals surface area contributed by atoms with Crippen molar-refractivity contribution in [2.45, 2.75) is 40.5 Å². The zero-order valence-corrected chi connectivity index (χ0v) is 10.3. The summed E-state index contributed by atoms with van der Waals surface area (Å²) in [6, 6.07) is 0. The van der Waals surface area contributed by atoms with Crippen LogP contribution in [0.2, 0.25) is 0 Å². The molecule has 15 heavy (non-hydrogen) atoms. The Labute approximate surface area is 92.7 Å². The molecule has 0 radical (unpaired) electrons. The summed E-state index contributed by atoms with van der Waals surface area (Å²) in [6.07, 6.45) is 2.26. The van der Waals surface area contributed by atoms with Crippen LogP contribution in [0.5, 0.6) is 0 Å². The summed E-state index contributed by atoms with van der Waals surface area (Å²) in [7, 11) is 0. The summed E-state index contributed by atoms with van der Waals surface area (Å²) in [5.74, 6) is 0.769. The van der Waals surface area contributed by atoms with E-state index in [0.29, 0.717) is 18.4 Å². The van der Waals surface area contributed by atoms with E-state index >= 15 is 0 Å². The molecule has 1 aliphatic rings. The van der Waals surface area contributed by atoms with E-state index in [1.165, 1.54) is 18.9 Å². The molecule has 0 heterocycles. The van der Waals surface area contributed by atoms with Crippen molar-refractivity contribution in [2.75, 3.05) is 6.61 Å². The van der Waals surface area contributed by atoms with Crippen LogP contribution in [0.25, 0.3) is 0 Å². The smallest absolute Gasteiger partial charge is 0.302 e. The molecule has 0 aliphatic heterocycles. The summed E-state index contributed by atoms with van der Waals surface area (Å²) >= 11 is 0. The highest BCUT2D eigenvalue weighted by molar-refractivity contribution is 5.65. The minimum atomic E-state index is -0.197. The molecule has 2 nitrogen and oxygen atoms in total. The third-order valence-corrected chi connectivity index (χ3v) is 4.01. The fourth-order valence-electron chi connectivity index (χ4n) is 2.35. The second kappa shape index (κ2) is 4.38. The monoisotopic (exact) mass is 210 g/mol. The predicted molar refractivity (Wildman–Crippen MR) is 61.4 cm³/mol. The number of carbonyl (C=O) groups is 1. The fraction of sp³-hybridized carbons (Fsp3) is 0.769. The zero-order valence-electron chi connectivity index (χ0n) is 10.3. The summed E-state index contributed by atoms with van der Waals surface area (Å²) in [6.45, 7) is 12.8. The van der Waals surface area contributed by atoms with E-state index in [1.54, 1.807) is 0 Å². The number of esters is 1. The second-order valence-corrected chi connectivity index (χ2v) is 5.27. The van der Waals surface area contributed by atoms with Gasteiger partial charge < -0.3 is 4.74 Å². The van der Waals surface area contributed by atoms with Gasteiger partial charge in [0.2, 0.25) is 0 Å². The molecule has 2 atom stereocenters. The van der Waals surface area contributed by atoms with E-state index in [2.05, 4.69) is 27.4 Å². The van der Waals surface area contributed by atoms with Gasteiger partial charge in [-0.3, -0.25) is 4.79 Å². The van der Waals surface area contributed by atoms with E-state index in [-0.39, 0.29) is 11.4 Å². The average molecular weight is 210 g/mol. The van der Waals surface area contributed by atoms with Crippen molar-refractivity contribution in [1.29, 1.82) is 0 Å². The van der Waals surface area contributed by atoms with Crippen molar-refractivity contribution in [3.05, 3.63) is 12.2 Å². The van der Waals surface area contributed by atoms with Gasteiger partial charge in [-0.15, -0.1) is 0 Å². The first-order chi connectivity index (χ1) is 6.85. The molecule has 1 saturated carbocycles. The molecule has 0 unspecified atom stereocenters. The predicted octanol–water partition coefficient (Wildman–Crippen LogP) is 3.18. The molecular formula is C13H22O2. The van der Waals surface area contributed by atoms with E-state index in [0.717, 1.165) is 6.42 Å². The van der Waals surface area contributed by atoms with Gasteiger partial charge in [-0.2, -0.15) is 0 Å². The molecule has 0 aromatic carbocycles. The highest BCUT2D eigenvalue weighted by Crippen LogP contribution is 2.46. The molecule has 2 heteroatoms. The van der Waals surface area contributed by atoms with E-state index in [4.69, 9.17) is 4.74 Å². The van der Waals surface area contributed by atoms with Gasteiger partial charge in [0.05, 0.1) is 6.61 Å². The Hall–Kier alpha value is -0.790. The van der Waals surface area contributed by atoms with Crippen molar-refractivity contribution in [3.8, 4) is 0 Å². The van der Waals surface area contributed by atoms with Crippen LogP contribution in [0.15, 0.2) is 12.2 Å². The number of ether oxygens (including phenoxy) is 1. The van der Waals surface area contributed by atoms with E-state index in [9.17, 15) is 4.79 Å². The lowest BCUT2D eigenvalue weighted by Crippen LogP contribution is -2.39. The first-order valence-electron chi connectivity index (χ1n) is 5.66. The summed E-state index contributed by atoms with van der Waals surface area (Å²) < 4.78 is 5.14. The van der Waals surface area contributed by atoms with Gasteiger partial charge >= 0.3 is 5.97 Å². The molecule has 0 aromatic rings. The van der Waals surface area contributed by atoms with Crippen LogP contribution in [0.4, 0.5) is 0 Å². The number of carbonyl (C=O) groups excluding carboxylic acids is 1. The molecule has 0 saturated heterocycles. The topological polar surface area (TPSA) is 26.3 Å². The minimum absolute atomic E-state index is 0.185. The molecule has 0 bridgehead atoms. The molecule has 1 fully saturated rings. The Balaban J connectivity index is 2.72. The minimum Gasteiger partial charge on any atom is -0.465 e. The Morgan fingerprint density at radius 1 is 1.60 bits per heavy atom. The van der Waals surface area contributed by atoms with Crippen molar-refractivity contribution in [1.82, 2.24) is 0 Å². The quantitative estimate of drug-likeness (QED) is 0.517. The normalized spacial score (nSPS) is 30.0. The van der Waals surface area contributed by atoms with Crippen molar-refractivity contribution < 1.29 is 9.53 Å². The molecule has 86 valence electrons. The van der Waals surface area contributed by atoms with Crippen LogP contribution in [0.3, 0.4) is 0 Å². The largest absolute Gasteiger partial charge is 0.465 e. The SMILES string of the molecule is C=C1CC[C@H](C)C(C)(C)[C@@H]1COC(C)=O. The lowest BCUT2D eigenvalue weighted by atomic mass is 9.61. The van der Waals surface area contributed by atoms with Crippen LogP contribution in [0, 0.1) is 17.3 Å². The molecule has 1 rings (SSSR count). The Morgan fingerprint density at radius 3 is 2.73 bits per heavy atom. The van der Waals surface area contributed by atoms with Gasteiger partial charge in [0.1, 0.15) is 0 Å². The number of hydrogen-bond acceptors (Lipinski definition) is 2. The van der Waals surface area contributed by atoms with Crippen molar-refractivity contribution in [3.63, 3.8) is 0 Å². The van der Waals surface area contributed by atoms with Crippen LogP contribution < -0.4 is 0 Å². The Kier molecular flexibility index (Phi) is 3.58. The highest BCUT2D eigenvalue weighted by Gasteiger charge is 2.40. The molecule has 1 aliphatic carbocycles. The van der Waals surface area contributed by atoms with Gasteiger partial charge in [0.25, 0.3) is 0 Å². The van der Waals surface area contributed by atoms with Crippen LogP contribution >= 0.6 is 0 Å². The maximum Gasteiger partial charge on any atom is 0.302 e. The zero-order chi connectivity index (χ0) is 11.6. The lowest BCUT2D eigenvalue weighted by molar-refractivity contribution is -0.143. The first kappa shape index (κ1) is 12.3. The maximum absolute atomic E-state index is 10.8. The second-order valence-electron chi connectivity index (χ2n) is 5.27. The Bertz CT molecular complexity index is 266. The van der Waals surface area contributed by atoms with Gasteiger partial charge in [0.15, 0.2) is 0 Å². The van der Waals surface area contributed by atoms with Crippen molar-refractivity contribution >= 4 is 5.97 Å². The molecule has 0 N–H and O–H groups in total. The summed E-state index contributed by atoms with van der Waals surface area (Å²) in [5, 5.41) is 0. The van der Waals surface area contributed by atoms with Gasteiger partial charge in [-0.1, -0.05) is 32.9 Å². The lowest BCUT2D eigenvalue weighted by Gasteiger charge is -2.44. The highest BCUT2D eigenvalue weighted by atomic mass is 16.5. The standard InChI is InChI=1S/C13H22O2/c1-9-6-7-10(2)13(4,5)12(9)8-15-11(3)14/h10,12H,1,6-8H2,2-5H3/t10-,12+/m0/s1. The van der Waals surface area contributed by atoms with Crippen LogP contribution in [0.1, 0.15) is 40.5 Å². The third kappa shape index (κ3) is 2.61. The van der Waals surface area contributed by atoms with Crippen LogP contribution in [-0.4, -0.2) is 12.6 Å². The van der Waals surface area contributed by atoms with E-state index in [1.807, 2.05) is 0 Å². The first-order valence-corrected chi connectivity index (χ1v) is 5.66. The maximum atomic E-state index is 10.8. The molecule has 0 spiro atoms. The summed E-state index contributed by atoms with van der Waals surface area (Å²) in [5.41, 5.74) is 1.42. The number of rotatable bonds is 2. The molecule has 0 amide bonds. The number of hydrogen-bond donors (Lipinski definition) is 0. The fourth-order valence-corrected chi connectivity index (χ4v) is 2.35. The van der Waals surface area contributed by atoms with Crippen LogP contribution in [-0.2, 0) is 9.53 Å².